The fourth-order valence-electron chi connectivity index (χ4n) is 1.80. The van der Waals surface area contributed by atoms with E-state index in [4.69, 9.17) is 0 Å². The van der Waals surface area contributed by atoms with Gasteiger partial charge in [0.2, 0.25) is 0 Å². The van der Waals surface area contributed by atoms with Crippen molar-refractivity contribution in [2.24, 2.45) is 5.92 Å². The number of benzene rings is 1. The lowest BCUT2D eigenvalue weighted by atomic mass is 10.1. The SMILES string of the molecule is Oc1cc(O)cc(CCCC2CC2)c1. The summed E-state index contributed by atoms with van der Waals surface area (Å²) in [5.41, 5.74) is 1.03. The smallest absolute Gasteiger partial charge is 0.119 e. The molecule has 0 spiro atoms. The van der Waals surface area contributed by atoms with E-state index in [1.54, 1.807) is 12.1 Å². The third kappa shape index (κ3) is 2.66. The third-order valence-electron chi connectivity index (χ3n) is 2.74. The fraction of sp³-hybridized carbons (Fsp3) is 0.500. The second-order valence-corrected chi connectivity index (χ2v) is 4.19. The third-order valence-corrected chi connectivity index (χ3v) is 2.74. The van der Waals surface area contributed by atoms with Crippen LogP contribution in [-0.2, 0) is 6.42 Å². The molecule has 0 unspecified atom stereocenters. The van der Waals surface area contributed by atoms with Crippen LogP contribution in [0.3, 0.4) is 0 Å². The first-order chi connectivity index (χ1) is 6.74. The van der Waals surface area contributed by atoms with E-state index in [0.717, 1.165) is 24.3 Å². The Labute approximate surface area is 84.2 Å². The lowest BCUT2D eigenvalue weighted by molar-refractivity contribution is 0.449. The van der Waals surface area contributed by atoms with Gasteiger partial charge in [-0.2, -0.15) is 0 Å². The Kier molecular flexibility index (Phi) is 2.62. The topological polar surface area (TPSA) is 40.5 Å². The van der Waals surface area contributed by atoms with Crippen molar-refractivity contribution < 1.29 is 10.2 Å². The number of hydrogen-bond acceptors (Lipinski definition) is 2. The highest BCUT2D eigenvalue weighted by Gasteiger charge is 2.20. The fourth-order valence-corrected chi connectivity index (χ4v) is 1.80. The molecule has 0 heterocycles. The van der Waals surface area contributed by atoms with E-state index in [0.29, 0.717) is 0 Å². The number of phenols is 2. The van der Waals surface area contributed by atoms with Crippen LogP contribution >= 0.6 is 0 Å². The molecule has 2 nitrogen and oxygen atoms in total. The Balaban J connectivity index is 1.87. The molecule has 0 atom stereocenters. The molecule has 1 aromatic carbocycles. The highest BCUT2D eigenvalue weighted by atomic mass is 16.3. The van der Waals surface area contributed by atoms with Crippen LogP contribution in [0.15, 0.2) is 18.2 Å². The van der Waals surface area contributed by atoms with Crippen molar-refractivity contribution in [1.29, 1.82) is 0 Å². The van der Waals surface area contributed by atoms with Gasteiger partial charge in [-0.15, -0.1) is 0 Å². The van der Waals surface area contributed by atoms with Gasteiger partial charge in [0, 0.05) is 6.07 Å². The van der Waals surface area contributed by atoms with E-state index in [1.165, 1.54) is 25.3 Å². The number of rotatable bonds is 4. The second-order valence-electron chi connectivity index (χ2n) is 4.19. The zero-order valence-corrected chi connectivity index (χ0v) is 8.24. The zero-order chi connectivity index (χ0) is 9.97. The molecule has 76 valence electrons. The molecule has 1 aliphatic rings. The summed E-state index contributed by atoms with van der Waals surface area (Å²) in [5.74, 6) is 1.28. The summed E-state index contributed by atoms with van der Waals surface area (Å²) in [5, 5.41) is 18.5. The van der Waals surface area contributed by atoms with Crippen LogP contribution < -0.4 is 0 Å². The van der Waals surface area contributed by atoms with Crippen molar-refractivity contribution in [3.8, 4) is 11.5 Å². The molecular weight excluding hydrogens is 176 g/mol. The monoisotopic (exact) mass is 192 g/mol. The Morgan fingerprint density at radius 3 is 2.29 bits per heavy atom. The van der Waals surface area contributed by atoms with Crippen LogP contribution in [0.25, 0.3) is 0 Å². The molecule has 1 saturated carbocycles. The van der Waals surface area contributed by atoms with Gasteiger partial charge in [-0.25, -0.2) is 0 Å². The molecule has 1 fully saturated rings. The molecule has 0 bridgehead atoms. The van der Waals surface area contributed by atoms with Crippen LogP contribution in [0.5, 0.6) is 11.5 Å². The predicted molar refractivity (Wildman–Crippen MR) is 55.4 cm³/mol. The highest BCUT2D eigenvalue weighted by Crippen LogP contribution is 2.34. The summed E-state index contributed by atoms with van der Waals surface area (Å²) in [7, 11) is 0. The number of phenolic OH excluding ortho intramolecular Hbond substituents is 2. The van der Waals surface area contributed by atoms with E-state index in [1.807, 2.05) is 0 Å². The molecule has 2 rings (SSSR count). The van der Waals surface area contributed by atoms with E-state index < -0.39 is 0 Å². The summed E-state index contributed by atoms with van der Waals surface area (Å²) in [4.78, 5) is 0. The second kappa shape index (κ2) is 3.91. The van der Waals surface area contributed by atoms with Gasteiger partial charge >= 0.3 is 0 Å². The van der Waals surface area contributed by atoms with Crippen molar-refractivity contribution >= 4 is 0 Å². The molecule has 0 aliphatic heterocycles. The van der Waals surface area contributed by atoms with Crippen LogP contribution in [-0.4, -0.2) is 10.2 Å². The molecule has 0 saturated heterocycles. The maximum atomic E-state index is 9.25. The van der Waals surface area contributed by atoms with Crippen LogP contribution in [0.2, 0.25) is 0 Å². The number of aryl methyl sites for hydroxylation is 1. The van der Waals surface area contributed by atoms with Gasteiger partial charge < -0.3 is 10.2 Å². The molecule has 1 aliphatic carbocycles. The molecule has 2 N–H and O–H groups in total. The largest absolute Gasteiger partial charge is 0.508 e. The van der Waals surface area contributed by atoms with Crippen molar-refractivity contribution in [3.05, 3.63) is 23.8 Å². The quantitative estimate of drug-likeness (QED) is 0.770. The first-order valence-corrected chi connectivity index (χ1v) is 5.26. The van der Waals surface area contributed by atoms with Crippen LogP contribution in [0.4, 0.5) is 0 Å². The maximum absolute atomic E-state index is 9.25. The van der Waals surface area contributed by atoms with Gasteiger partial charge in [-0.05, 0) is 36.5 Å². The Morgan fingerprint density at radius 1 is 1.07 bits per heavy atom. The van der Waals surface area contributed by atoms with E-state index in [-0.39, 0.29) is 11.5 Å². The molecular formula is C12H16O2. The highest BCUT2D eigenvalue weighted by molar-refractivity contribution is 5.36. The summed E-state index contributed by atoms with van der Waals surface area (Å²) < 4.78 is 0. The minimum atomic E-state index is 0.159. The van der Waals surface area contributed by atoms with E-state index in [9.17, 15) is 10.2 Å². The lowest BCUT2D eigenvalue weighted by Crippen LogP contribution is -1.86. The van der Waals surface area contributed by atoms with Crippen molar-refractivity contribution in [2.75, 3.05) is 0 Å². The summed E-state index contributed by atoms with van der Waals surface area (Å²) >= 11 is 0. The molecule has 0 aromatic heterocycles. The zero-order valence-electron chi connectivity index (χ0n) is 8.24. The number of aromatic hydroxyl groups is 2. The van der Waals surface area contributed by atoms with Crippen molar-refractivity contribution in [2.45, 2.75) is 32.1 Å². The van der Waals surface area contributed by atoms with Gasteiger partial charge in [0.25, 0.3) is 0 Å². The average molecular weight is 192 g/mol. The van der Waals surface area contributed by atoms with Gasteiger partial charge in [-0.1, -0.05) is 19.3 Å². The lowest BCUT2D eigenvalue weighted by Gasteiger charge is -2.02. The molecule has 2 heteroatoms. The summed E-state index contributed by atoms with van der Waals surface area (Å²) in [6, 6.07) is 4.82. The first kappa shape index (κ1) is 9.38. The summed E-state index contributed by atoms with van der Waals surface area (Å²) in [6.45, 7) is 0. The standard InChI is InChI=1S/C12H16O2/c13-11-6-10(7-12(14)8-11)3-1-2-9-4-5-9/h6-9,13-14H,1-5H2. The van der Waals surface area contributed by atoms with Crippen LogP contribution in [0.1, 0.15) is 31.2 Å². The Bertz CT molecular complexity index is 296. The predicted octanol–water partition coefficient (Wildman–Crippen LogP) is 2.83. The molecule has 0 amide bonds. The Hall–Kier alpha value is -1.18. The van der Waals surface area contributed by atoms with E-state index in [2.05, 4.69) is 0 Å². The van der Waals surface area contributed by atoms with Gasteiger partial charge in [-0.3, -0.25) is 0 Å². The Morgan fingerprint density at radius 2 is 1.71 bits per heavy atom. The average Bonchev–Trinajstić information content (AvgIpc) is 2.86. The molecule has 1 aromatic rings. The van der Waals surface area contributed by atoms with Gasteiger partial charge in [0.15, 0.2) is 0 Å². The van der Waals surface area contributed by atoms with Crippen LogP contribution in [0, 0.1) is 5.92 Å². The van der Waals surface area contributed by atoms with Crippen molar-refractivity contribution in [1.82, 2.24) is 0 Å². The summed E-state index contributed by atoms with van der Waals surface area (Å²) in [6.07, 6.45) is 6.19. The van der Waals surface area contributed by atoms with Gasteiger partial charge in [0.1, 0.15) is 11.5 Å². The first-order valence-electron chi connectivity index (χ1n) is 5.26. The van der Waals surface area contributed by atoms with Crippen molar-refractivity contribution in [3.63, 3.8) is 0 Å². The minimum Gasteiger partial charge on any atom is -0.508 e. The maximum Gasteiger partial charge on any atom is 0.119 e. The van der Waals surface area contributed by atoms with Gasteiger partial charge in [0.05, 0.1) is 0 Å². The molecule has 14 heavy (non-hydrogen) atoms. The normalized spacial score (nSPS) is 15.7. The molecule has 0 radical (unpaired) electrons. The van der Waals surface area contributed by atoms with E-state index >= 15 is 0 Å². The minimum absolute atomic E-state index is 0.159. The number of hydrogen-bond donors (Lipinski definition) is 2.